The summed E-state index contributed by atoms with van der Waals surface area (Å²) in [7, 11) is 0. The second kappa shape index (κ2) is 8.67. The van der Waals surface area contributed by atoms with Gasteiger partial charge in [0.05, 0.1) is 5.92 Å². The summed E-state index contributed by atoms with van der Waals surface area (Å²) >= 11 is 3.29. The first kappa shape index (κ1) is 17.5. The number of nitrogens with one attached hydrogen (secondary N) is 2. The van der Waals surface area contributed by atoms with Gasteiger partial charge < -0.3 is 10.1 Å². The van der Waals surface area contributed by atoms with Crippen LogP contribution in [0.25, 0.3) is 0 Å². The number of rotatable bonds is 7. The first-order chi connectivity index (χ1) is 11.1. The van der Waals surface area contributed by atoms with E-state index in [0.29, 0.717) is 25.1 Å². The van der Waals surface area contributed by atoms with Crippen LogP contribution in [0.3, 0.4) is 0 Å². The molecule has 124 valence electrons. The lowest BCUT2D eigenvalue weighted by molar-refractivity contribution is -0.134. The highest BCUT2D eigenvalue weighted by Crippen LogP contribution is 2.27. The van der Waals surface area contributed by atoms with E-state index in [2.05, 4.69) is 26.6 Å². The summed E-state index contributed by atoms with van der Waals surface area (Å²) in [6.45, 7) is 0.533. The van der Waals surface area contributed by atoms with Crippen LogP contribution in [0.15, 0.2) is 24.3 Å². The van der Waals surface area contributed by atoms with Crippen molar-refractivity contribution in [3.8, 4) is 5.75 Å². The normalized spacial score (nSPS) is 17.5. The molecule has 0 bridgehead atoms. The van der Waals surface area contributed by atoms with Crippen molar-refractivity contribution in [2.75, 3.05) is 18.5 Å². The summed E-state index contributed by atoms with van der Waals surface area (Å²) < 4.78 is 5.46. The second-order valence-corrected chi connectivity index (χ2v) is 6.05. The molecular formula is C16H19BrN2O4. The van der Waals surface area contributed by atoms with Gasteiger partial charge in [0.2, 0.25) is 11.8 Å². The Kier molecular flexibility index (Phi) is 6.58. The molecule has 2 N–H and O–H groups in total. The zero-order valence-corrected chi connectivity index (χ0v) is 14.2. The fraction of sp³-hybridized carbons (Fsp3) is 0.438. The number of hydrogen-bond acceptors (Lipinski definition) is 4. The van der Waals surface area contributed by atoms with Crippen molar-refractivity contribution in [1.29, 1.82) is 0 Å². The smallest absolute Gasteiger partial charge is 0.257 e. The van der Waals surface area contributed by atoms with Gasteiger partial charge in [-0.2, -0.15) is 0 Å². The van der Waals surface area contributed by atoms with Crippen LogP contribution in [0, 0.1) is 0 Å². The number of alkyl halides is 1. The summed E-state index contributed by atoms with van der Waals surface area (Å²) in [5, 5.41) is 5.92. The SMILES string of the molecule is O=C(COc1cccc(C2CCC(=O)NC2=O)c1)NCCCBr. The molecule has 1 unspecified atom stereocenters. The molecule has 1 aliphatic rings. The lowest BCUT2D eigenvalue weighted by Crippen LogP contribution is -2.39. The highest BCUT2D eigenvalue weighted by atomic mass is 79.9. The van der Waals surface area contributed by atoms with Gasteiger partial charge in [0.1, 0.15) is 5.75 Å². The Hall–Kier alpha value is -1.89. The maximum absolute atomic E-state index is 11.9. The van der Waals surface area contributed by atoms with Crippen LogP contribution < -0.4 is 15.4 Å². The lowest BCUT2D eigenvalue weighted by atomic mass is 9.90. The van der Waals surface area contributed by atoms with E-state index in [1.807, 2.05) is 6.07 Å². The molecule has 0 saturated carbocycles. The van der Waals surface area contributed by atoms with Gasteiger partial charge >= 0.3 is 0 Å². The fourth-order valence-corrected chi connectivity index (χ4v) is 2.61. The molecule has 1 fully saturated rings. The van der Waals surface area contributed by atoms with E-state index in [9.17, 15) is 14.4 Å². The predicted octanol–water partition coefficient (Wildman–Crippen LogP) is 1.49. The van der Waals surface area contributed by atoms with Gasteiger partial charge in [0.15, 0.2) is 6.61 Å². The van der Waals surface area contributed by atoms with E-state index in [1.165, 1.54) is 0 Å². The van der Waals surface area contributed by atoms with Crippen LogP contribution in [0.4, 0.5) is 0 Å². The van der Waals surface area contributed by atoms with Gasteiger partial charge in [-0.15, -0.1) is 0 Å². The average molecular weight is 383 g/mol. The minimum Gasteiger partial charge on any atom is -0.484 e. The quantitative estimate of drug-likeness (QED) is 0.425. The summed E-state index contributed by atoms with van der Waals surface area (Å²) in [5.74, 6) is -0.533. The van der Waals surface area contributed by atoms with Crippen LogP contribution in [0.5, 0.6) is 5.75 Å². The molecule has 3 amide bonds. The average Bonchev–Trinajstić information content (AvgIpc) is 2.53. The zero-order chi connectivity index (χ0) is 16.7. The summed E-state index contributed by atoms with van der Waals surface area (Å²) in [6.07, 6.45) is 1.68. The van der Waals surface area contributed by atoms with Gasteiger partial charge in [0, 0.05) is 18.3 Å². The molecule has 23 heavy (non-hydrogen) atoms. The molecule has 1 heterocycles. The number of hydrogen-bond donors (Lipinski definition) is 2. The first-order valence-electron chi connectivity index (χ1n) is 7.49. The zero-order valence-electron chi connectivity index (χ0n) is 12.6. The Morgan fingerprint density at radius 1 is 1.39 bits per heavy atom. The number of halogens is 1. The predicted molar refractivity (Wildman–Crippen MR) is 88.5 cm³/mol. The first-order valence-corrected chi connectivity index (χ1v) is 8.61. The number of imide groups is 1. The van der Waals surface area contributed by atoms with Crippen molar-refractivity contribution < 1.29 is 19.1 Å². The van der Waals surface area contributed by atoms with Crippen molar-refractivity contribution >= 4 is 33.7 Å². The topological polar surface area (TPSA) is 84.5 Å². The second-order valence-electron chi connectivity index (χ2n) is 5.26. The number of carbonyl (C=O) groups is 3. The molecule has 1 saturated heterocycles. The Bertz CT molecular complexity index is 591. The highest BCUT2D eigenvalue weighted by Gasteiger charge is 2.28. The number of piperidine rings is 1. The molecule has 2 rings (SSSR count). The molecule has 1 atom stereocenters. The number of benzene rings is 1. The van der Waals surface area contributed by atoms with Crippen LogP contribution in [-0.4, -0.2) is 36.2 Å². The molecule has 1 aromatic rings. The molecule has 0 radical (unpaired) electrons. The summed E-state index contributed by atoms with van der Waals surface area (Å²) in [6, 6.07) is 7.08. The largest absolute Gasteiger partial charge is 0.484 e. The van der Waals surface area contributed by atoms with Crippen molar-refractivity contribution in [1.82, 2.24) is 10.6 Å². The van der Waals surface area contributed by atoms with Crippen molar-refractivity contribution in [3.63, 3.8) is 0 Å². The van der Waals surface area contributed by atoms with Crippen LogP contribution in [0.2, 0.25) is 0 Å². The third-order valence-corrected chi connectivity index (χ3v) is 4.06. The molecule has 0 aliphatic carbocycles. The van der Waals surface area contributed by atoms with E-state index in [1.54, 1.807) is 18.2 Å². The molecule has 0 aromatic heterocycles. The monoisotopic (exact) mass is 382 g/mol. The van der Waals surface area contributed by atoms with E-state index < -0.39 is 0 Å². The fourth-order valence-electron chi connectivity index (χ4n) is 2.33. The van der Waals surface area contributed by atoms with Gasteiger partial charge in [-0.1, -0.05) is 28.1 Å². The number of carbonyl (C=O) groups excluding carboxylic acids is 3. The molecular weight excluding hydrogens is 364 g/mol. The third kappa shape index (κ3) is 5.35. The Balaban J connectivity index is 1.91. The minimum atomic E-state index is -0.357. The van der Waals surface area contributed by atoms with Gasteiger partial charge in [0.25, 0.3) is 5.91 Å². The van der Waals surface area contributed by atoms with Crippen LogP contribution in [-0.2, 0) is 14.4 Å². The Labute approximate surface area is 143 Å². The molecule has 0 spiro atoms. The Morgan fingerprint density at radius 2 is 2.22 bits per heavy atom. The lowest BCUT2D eigenvalue weighted by Gasteiger charge is -2.21. The van der Waals surface area contributed by atoms with Crippen molar-refractivity contribution in [2.24, 2.45) is 0 Å². The third-order valence-electron chi connectivity index (χ3n) is 3.50. The van der Waals surface area contributed by atoms with E-state index >= 15 is 0 Å². The van der Waals surface area contributed by atoms with Crippen molar-refractivity contribution in [3.05, 3.63) is 29.8 Å². The maximum Gasteiger partial charge on any atom is 0.257 e. The minimum absolute atomic E-state index is 0.0684. The highest BCUT2D eigenvalue weighted by molar-refractivity contribution is 9.09. The maximum atomic E-state index is 11.9. The Morgan fingerprint density at radius 3 is 2.96 bits per heavy atom. The van der Waals surface area contributed by atoms with E-state index in [0.717, 1.165) is 17.3 Å². The van der Waals surface area contributed by atoms with E-state index in [4.69, 9.17) is 4.74 Å². The molecule has 1 aliphatic heterocycles. The standard InChI is InChI=1S/C16H19BrN2O4/c17-7-2-8-18-15(21)10-23-12-4-1-3-11(9-12)13-5-6-14(20)19-16(13)22/h1,3-4,9,13H,2,5-8,10H2,(H,18,21)(H,19,20,22). The van der Waals surface area contributed by atoms with Crippen LogP contribution >= 0.6 is 15.9 Å². The van der Waals surface area contributed by atoms with Gasteiger partial charge in [-0.3, -0.25) is 19.7 Å². The van der Waals surface area contributed by atoms with Crippen LogP contribution in [0.1, 0.15) is 30.7 Å². The number of amides is 3. The molecule has 1 aromatic carbocycles. The molecule has 7 heteroatoms. The van der Waals surface area contributed by atoms with Gasteiger partial charge in [-0.05, 0) is 30.5 Å². The van der Waals surface area contributed by atoms with Crippen molar-refractivity contribution in [2.45, 2.75) is 25.2 Å². The van der Waals surface area contributed by atoms with E-state index in [-0.39, 0.29) is 30.2 Å². The summed E-state index contributed by atoms with van der Waals surface area (Å²) in [5.41, 5.74) is 0.784. The number of ether oxygens (including phenoxy) is 1. The van der Waals surface area contributed by atoms with Gasteiger partial charge in [-0.25, -0.2) is 0 Å². The summed E-state index contributed by atoms with van der Waals surface area (Å²) in [4.78, 5) is 34.7. The molecule has 6 nitrogen and oxygen atoms in total.